The molecule has 0 N–H and O–H groups in total. The summed E-state index contributed by atoms with van der Waals surface area (Å²) in [6.07, 6.45) is 3.74. The van der Waals surface area contributed by atoms with Gasteiger partial charge in [-0.25, -0.2) is 4.39 Å². The predicted octanol–water partition coefficient (Wildman–Crippen LogP) is 3.14. The third kappa shape index (κ3) is 2.87. The second-order valence-corrected chi connectivity index (χ2v) is 3.06. The van der Waals surface area contributed by atoms with Gasteiger partial charge in [-0.1, -0.05) is 18.2 Å². The van der Waals surface area contributed by atoms with Crippen molar-refractivity contribution in [1.82, 2.24) is 4.90 Å². The van der Waals surface area contributed by atoms with E-state index in [4.69, 9.17) is 0 Å². The molecule has 0 atom stereocenters. The van der Waals surface area contributed by atoms with E-state index in [1.807, 2.05) is 18.3 Å². The highest BCUT2D eigenvalue weighted by Crippen LogP contribution is 2.08. The number of benzene rings is 1. The van der Waals surface area contributed by atoms with Crippen molar-refractivity contribution in [2.24, 2.45) is 0 Å². The highest BCUT2D eigenvalue weighted by molar-refractivity contribution is 5.49. The van der Waals surface area contributed by atoms with Crippen LogP contribution in [0.25, 0.3) is 6.08 Å². The van der Waals surface area contributed by atoms with Crippen molar-refractivity contribution in [1.29, 1.82) is 0 Å². The lowest BCUT2D eigenvalue weighted by atomic mass is 10.2. The fourth-order valence-electron chi connectivity index (χ4n) is 1.23. The molecule has 0 aliphatic heterocycles. The average molecular weight is 193 g/mol. The van der Waals surface area contributed by atoms with E-state index in [9.17, 15) is 4.39 Å². The minimum absolute atomic E-state index is 0.170. The molecule has 0 radical (unpaired) electrons. The Kier molecular flexibility index (Phi) is 4.17. The van der Waals surface area contributed by atoms with Gasteiger partial charge in [-0.15, -0.1) is 0 Å². The zero-order valence-corrected chi connectivity index (χ0v) is 8.70. The van der Waals surface area contributed by atoms with Gasteiger partial charge >= 0.3 is 0 Å². The fraction of sp³-hybridized carbons (Fsp3) is 0.333. The Morgan fingerprint density at radius 3 is 2.43 bits per heavy atom. The van der Waals surface area contributed by atoms with Crippen LogP contribution in [0.4, 0.5) is 4.39 Å². The van der Waals surface area contributed by atoms with Crippen LogP contribution in [0.5, 0.6) is 0 Å². The van der Waals surface area contributed by atoms with Crippen LogP contribution in [0, 0.1) is 5.82 Å². The molecule has 1 aromatic carbocycles. The molecule has 0 saturated carbocycles. The highest BCUT2D eigenvalue weighted by Gasteiger charge is 1.95. The summed E-state index contributed by atoms with van der Waals surface area (Å²) in [4.78, 5) is 2.12. The minimum atomic E-state index is -0.170. The van der Waals surface area contributed by atoms with E-state index >= 15 is 0 Å². The van der Waals surface area contributed by atoms with Crippen LogP contribution in [0.15, 0.2) is 30.5 Å². The Morgan fingerprint density at radius 1 is 1.21 bits per heavy atom. The Hall–Kier alpha value is -1.31. The molecule has 0 spiro atoms. The van der Waals surface area contributed by atoms with Crippen LogP contribution >= 0.6 is 0 Å². The average Bonchev–Trinajstić information content (AvgIpc) is 2.22. The molecule has 0 bridgehead atoms. The van der Waals surface area contributed by atoms with Gasteiger partial charge in [-0.05, 0) is 32.2 Å². The predicted molar refractivity (Wildman–Crippen MR) is 58.4 cm³/mol. The first kappa shape index (κ1) is 10.8. The van der Waals surface area contributed by atoms with Crippen molar-refractivity contribution in [3.05, 3.63) is 41.8 Å². The summed E-state index contributed by atoms with van der Waals surface area (Å²) in [5.41, 5.74) is 0.638. The zero-order valence-electron chi connectivity index (χ0n) is 8.70. The second kappa shape index (κ2) is 5.43. The first-order valence-corrected chi connectivity index (χ1v) is 4.94. The Balaban J connectivity index is 2.72. The quantitative estimate of drug-likeness (QED) is 0.710. The third-order valence-corrected chi connectivity index (χ3v) is 2.18. The van der Waals surface area contributed by atoms with Crippen molar-refractivity contribution in [3.8, 4) is 0 Å². The number of hydrogen-bond acceptors (Lipinski definition) is 1. The Morgan fingerprint density at radius 2 is 1.86 bits per heavy atom. The molecule has 0 unspecified atom stereocenters. The van der Waals surface area contributed by atoms with E-state index in [-0.39, 0.29) is 5.82 Å². The van der Waals surface area contributed by atoms with Gasteiger partial charge in [0.1, 0.15) is 5.82 Å². The van der Waals surface area contributed by atoms with Gasteiger partial charge in [0.05, 0.1) is 0 Å². The summed E-state index contributed by atoms with van der Waals surface area (Å²) in [6.45, 7) is 6.05. The van der Waals surface area contributed by atoms with E-state index in [1.54, 1.807) is 12.1 Å². The fourth-order valence-corrected chi connectivity index (χ4v) is 1.23. The van der Waals surface area contributed by atoms with Gasteiger partial charge < -0.3 is 4.90 Å². The summed E-state index contributed by atoms with van der Waals surface area (Å²) in [5.74, 6) is -0.170. The molecule has 1 nitrogen and oxygen atoms in total. The van der Waals surface area contributed by atoms with Crippen molar-refractivity contribution in [3.63, 3.8) is 0 Å². The summed E-state index contributed by atoms with van der Waals surface area (Å²) >= 11 is 0. The molecular formula is C12H16FN. The first-order valence-electron chi connectivity index (χ1n) is 4.94. The monoisotopic (exact) mass is 193 g/mol. The van der Waals surface area contributed by atoms with Crippen LogP contribution in [-0.2, 0) is 0 Å². The number of nitrogens with zero attached hydrogens (tertiary/aromatic N) is 1. The van der Waals surface area contributed by atoms with Crippen molar-refractivity contribution >= 4 is 6.08 Å². The molecule has 0 fully saturated rings. The normalized spacial score (nSPS) is 10.8. The van der Waals surface area contributed by atoms with Gasteiger partial charge in [0, 0.05) is 18.7 Å². The van der Waals surface area contributed by atoms with E-state index in [1.165, 1.54) is 6.07 Å². The molecule has 0 saturated heterocycles. The van der Waals surface area contributed by atoms with Gasteiger partial charge in [-0.3, -0.25) is 0 Å². The van der Waals surface area contributed by atoms with Crippen LogP contribution in [0.1, 0.15) is 19.4 Å². The SMILES string of the molecule is CCN(C=Cc1ccccc1F)CC. The van der Waals surface area contributed by atoms with E-state index in [0.29, 0.717) is 5.56 Å². The molecule has 14 heavy (non-hydrogen) atoms. The maximum absolute atomic E-state index is 13.2. The molecule has 0 amide bonds. The number of halogens is 1. The molecule has 1 aromatic rings. The van der Waals surface area contributed by atoms with Crippen LogP contribution < -0.4 is 0 Å². The standard InChI is InChI=1S/C12H16FN/c1-3-14(4-2)10-9-11-7-5-6-8-12(11)13/h5-10H,3-4H2,1-2H3. The van der Waals surface area contributed by atoms with Gasteiger partial charge in [0.2, 0.25) is 0 Å². The zero-order chi connectivity index (χ0) is 10.4. The number of hydrogen-bond donors (Lipinski definition) is 0. The number of rotatable bonds is 4. The largest absolute Gasteiger partial charge is 0.378 e. The summed E-state index contributed by atoms with van der Waals surface area (Å²) in [5, 5.41) is 0. The lowest BCUT2D eigenvalue weighted by Gasteiger charge is -2.14. The lowest BCUT2D eigenvalue weighted by molar-refractivity contribution is 0.421. The first-order chi connectivity index (χ1) is 6.77. The van der Waals surface area contributed by atoms with Gasteiger partial charge in [-0.2, -0.15) is 0 Å². The molecule has 0 aliphatic carbocycles. The molecule has 0 heterocycles. The maximum Gasteiger partial charge on any atom is 0.130 e. The summed E-state index contributed by atoms with van der Waals surface area (Å²) in [6, 6.07) is 6.78. The Bertz CT molecular complexity index is 303. The van der Waals surface area contributed by atoms with Crippen LogP contribution in [0.2, 0.25) is 0 Å². The lowest BCUT2D eigenvalue weighted by Crippen LogP contribution is -2.14. The second-order valence-electron chi connectivity index (χ2n) is 3.06. The molecule has 2 heteroatoms. The molecule has 0 aromatic heterocycles. The minimum Gasteiger partial charge on any atom is -0.378 e. The van der Waals surface area contributed by atoms with Crippen LogP contribution in [-0.4, -0.2) is 18.0 Å². The molecule has 76 valence electrons. The summed E-state index contributed by atoms with van der Waals surface area (Å²) < 4.78 is 13.2. The highest BCUT2D eigenvalue weighted by atomic mass is 19.1. The van der Waals surface area contributed by atoms with Gasteiger partial charge in [0.15, 0.2) is 0 Å². The molecular weight excluding hydrogens is 177 g/mol. The van der Waals surface area contributed by atoms with Crippen molar-refractivity contribution in [2.45, 2.75) is 13.8 Å². The maximum atomic E-state index is 13.2. The van der Waals surface area contributed by atoms with Crippen molar-refractivity contribution < 1.29 is 4.39 Å². The summed E-state index contributed by atoms with van der Waals surface area (Å²) in [7, 11) is 0. The van der Waals surface area contributed by atoms with E-state index in [0.717, 1.165) is 13.1 Å². The third-order valence-electron chi connectivity index (χ3n) is 2.18. The van der Waals surface area contributed by atoms with Crippen molar-refractivity contribution in [2.75, 3.05) is 13.1 Å². The van der Waals surface area contributed by atoms with Gasteiger partial charge in [0.25, 0.3) is 0 Å². The smallest absolute Gasteiger partial charge is 0.130 e. The molecule has 1 rings (SSSR count). The van der Waals surface area contributed by atoms with Crippen LogP contribution in [0.3, 0.4) is 0 Å². The van der Waals surface area contributed by atoms with E-state index in [2.05, 4.69) is 18.7 Å². The topological polar surface area (TPSA) is 3.24 Å². The Labute approximate surface area is 84.9 Å². The molecule has 0 aliphatic rings. The van der Waals surface area contributed by atoms with E-state index < -0.39 is 0 Å².